The molecule has 0 aromatic heterocycles. The van der Waals surface area contributed by atoms with Crippen LogP contribution in [0.5, 0.6) is 5.75 Å². The quantitative estimate of drug-likeness (QED) is 0.885. The van der Waals surface area contributed by atoms with Crippen molar-refractivity contribution in [3.8, 4) is 5.75 Å². The van der Waals surface area contributed by atoms with Crippen molar-refractivity contribution in [3.05, 3.63) is 65.7 Å². The third-order valence-electron chi connectivity index (χ3n) is 2.75. The van der Waals surface area contributed by atoms with Crippen molar-refractivity contribution in [3.63, 3.8) is 0 Å². The van der Waals surface area contributed by atoms with Gasteiger partial charge in [0.1, 0.15) is 12.4 Å². The van der Waals surface area contributed by atoms with Crippen LogP contribution in [-0.4, -0.2) is 11.7 Å². The molecule has 0 saturated heterocycles. The van der Waals surface area contributed by atoms with Gasteiger partial charge in [-0.25, -0.2) is 0 Å². The van der Waals surface area contributed by atoms with Gasteiger partial charge in [0.25, 0.3) is 0 Å². The molecule has 0 bridgehead atoms. The Balaban J connectivity index is 0.00000180. The van der Waals surface area contributed by atoms with E-state index in [-0.39, 0.29) is 25.1 Å². The first kappa shape index (κ1) is 15.5. The molecule has 0 spiro atoms. The molecule has 2 rings (SSSR count). The molecular weight excluding hydrogens is 262 g/mol. The highest BCUT2D eigenvalue weighted by Gasteiger charge is 2.03. The smallest absolute Gasteiger partial charge is 0.119 e. The fourth-order valence-electron chi connectivity index (χ4n) is 1.66. The van der Waals surface area contributed by atoms with Crippen molar-refractivity contribution in [1.29, 1.82) is 0 Å². The van der Waals surface area contributed by atoms with Crippen molar-refractivity contribution in [2.75, 3.05) is 6.61 Å². The van der Waals surface area contributed by atoms with Gasteiger partial charge in [-0.2, -0.15) is 0 Å². The third-order valence-corrected chi connectivity index (χ3v) is 2.75. The summed E-state index contributed by atoms with van der Waals surface area (Å²) in [7, 11) is 0. The monoisotopic (exact) mass is 279 g/mol. The number of rotatable bonds is 5. The van der Waals surface area contributed by atoms with Crippen LogP contribution >= 0.6 is 12.4 Å². The van der Waals surface area contributed by atoms with Crippen molar-refractivity contribution in [2.24, 2.45) is 5.73 Å². The van der Waals surface area contributed by atoms with E-state index in [1.165, 1.54) is 0 Å². The minimum Gasteiger partial charge on any atom is -0.489 e. The standard InChI is InChI=1S/C15H17NO2.ClH/c16-15(10-17)13-6-8-14(9-7-13)18-11-12-4-2-1-3-5-12;/h1-9,15,17H,10-11,16H2;1H/t15-;/m1./s1. The maximum atomic E-state index is 8.95. The van der Waals surface area contributed by atoms with Crippen LogP contribution in [0, 0.1) is 0 Å². The summed E-state index contributed by atoms with van der Waals surface area (Å²) in [4.78, 5) is 0. The van der Waals surface area contributed by atoms with Gasteiger partial charge < -0.3 is 15.6 Å². The lowest BCUT2D eigenvalue weighted by molar-refractivity contribution is 0.267. The number of nitrogens with two attached hydrogens (primary N) is 1. The number of hydrogen-bond donors (Lipinski definition) is 2. The largest absolute Gasteiger partial charge is 0.489 e. The molecule has 0 fully saturated rings. The van der Waals surface area contributed by atoms with E-state index in [1.54, 1.807) is 0 Å². The van der Waals surface area contributed by atoms with Gasteiger partial charge in [-0.1, -0.05) is 42.5 Å². The second-order valence-electron chi connectivity index (χ2n) is 4.13. The predicted molar refractivity (Wildman–Crippen MR) is 78.5 cm³/mol. The molecule has 19 heavy (non-hydrogen) atoms. The summed E-state index contributed by atoms with van der Waals surface area (Å²) >= 11 is 0. The summed E-state index contributed by atoms with van der Waals surface area (Å²) in [6.07, 6.45) is 0. The van der Waals surface area contributed by atoms with Gasteiger partial charge in [0.2, 0.25) is 0 Å². The van der Waals surface area contributed by atoms with Crippen molar-refractivity contribution in [1.82, 2.24) is 0 Å². The van der Waals surface area contributed by atoms with Gasteiger partial charge in [0, 0.05) is 0 Å². The summed E-state index contributed by atoms with van der Waals surface area (Å²) in [6.45, 7) is 0.496. The number of aliphatic hydroxyl groups excluding tert-OH is 1. The van der Waals surface area contributed by atoms with Crippen LogP contribution in [0.15, 0.2) is 54.6 Å². The van der Waals surface area contributed by atoms with Crippen molar-refractivity contribution >= 4 is 12.4 Å². The van der Waals surface area contributed by atoms with E-state index in [0.29, 0.717) is 6.61 Å². The molecule has 102 valence electrons. The molecule has 3 nitrogen and oxygen atoms in total. The zero-order chi connectivity index (χ0) is 12.8. The first-order valence-electron chi connectivity index (χ1n) is 5.92. The maximum absolute atomic E-state index is 8.95. The van der Waals surface area contributed by atoms with Gasteiger partial charge in [0.15, 0.2) is 0 Å². The molecular formula is C15H18ClNO2. The Morgan fingerprint density at radius 3 is 2.21 bits per heavy atom. The van der Waals surface area contributed by atoms with E-state index in [0.717, 1.165) is 16.9 Å². The maximum Gasteiger partial charge on any atom is 0.119 e. The van der Waals surface area contributed by atoms with E-state index in [9.17, 15) is 0 Å². The summed E-state index contributed by atoms with van der Waals surface area (Å²) in [5.74, 6) is 0.799. The molecule has 0 aliphatic carbocycles. The van der Waals surface area contributed by atoms with Crippen molar-refractivity contribution in [2.45, 2.75) is 12.6 Å². The zero-order valence-electron chi connectivity index (χ0n) is 10.5. The van der Waals surface area contributed by atoms with Crippen LogP contribution in [-0.2, 0) is 6.61 Å². The SMILES string of the molecule is Cl.N[C@H](CO)c1ccc(OCc2ccccc2)cc1. The first-order chi connectivity index (χ1) is 8.79. The molecule has 3 N–H and O–H groups in total. The Morgan fingerprint density at radius 1 is 1.00 bits per heavy atom. The predicted octanol–water partition coefficient (Wildman–Crippen LogP) is 2.68. The Labute approximate surface area is 119 Å². The van der Waals surface area contributed by atoms with Gasteiger partial charge in [-0.05, 0) is 23.3 Å². The Kier molecular flexibility index (Phi) is 6.36. The Hall–Kier alpha value is -1.55. The fourth-order valence-corrected chi connectivity index (χ4v) is 1.66. The average molecular weight is 280 g/mol. The van der Waals surface area contributed by atoms with Crippen LogP contribution in [0.4, 0.5) is 0 Å². The molecule has 0 radical (unpaired) electrons. The van der Waals surface area contributed by atoms with E-state index < -0.39 is 0 Å². The minimum absolute atomic E-state index is 0. The van der Waals surface area contributed by atoms with E-state index in [4.69, 9.17) is 15.6 Å². The van der Waals surface area contributed by atoms with Gasteiger partial charge >= 0.3 is 0 Å². The molecule has 0 aliphatic rings. The molecule has 0 amide bonds. The number of benzene rings is 2. The molecule has 0 unspecified atom stereocenters. The van der Waals surface area contributed by atoms with E-state index in [2.05, 4.69) is 0 Å². The fraction of sp³-hybridized carbons (Fsp3) is 0.200. The lowest BCUT2D eigenvalue weighted by Crippen LogP contribution is -2.14. The summed E-state index contributed by atoms with van der Waals surface area (Å²) < 4.78 is 5.66. The van der Waals surface area contributed by atoms with Crippen molar-refractivity contribution < 1.29 is 9.84 Å². The highest BCUT2D eigenvalue weighted by atomic mass is 35.5. The summed E-state index contributed by atoms with van der Waals surface area (Å²) in [6, 6.07) is 17.2. The molecule has 2 aromatic carbocycles. The summed E-state index contributed by atoms with van der Waals surface area (Å²) in [5, 5.41) is 8.95. The van der Waals surface area contributed by atoms with Gasteiger partial charge in [0.05, 0.1) is 12.6 Å². The lowest BCUT2D eigenvalue weighted by Gasteiger charge is -2.10. The topological polar surface area (TPSA) is 55.5 Å². The Bertz CT molecular complexity index is 473. The van der Waals surface area contributed by atoms with E-state index in [1.807, 2.05) is 54.6 Å². The van der Waals surface area contributed by atoms with Gasteiger partial charge in [-0.15, -0.1) is 12.4 Å². The second kappa shape index (κ2) is 7.79. The van der Waals surface area contributed by atoms with Crippen LogP contribution < -0.4 is 10.5 Å². The van der Waals surface area contributed by atoms with Crippen LogP contribution in [0.3, 0.4) is 0 Å². The Morgan fingerprint density at radius 2 is 1.63 bits per heavy atom. The van der Waals surface area contributed by atoms with Crippen LogP contribution in [0.1, 0.15) is 17.2 Å². The lowest BCUT2D eigenvalue weighted by atomic mass is 10.1. The minimum atomic E-state index is -0.326. The number of aliphatic hydroxyl groups is 1. The molecule has 1 atom stereocenters. The number of hydrogen-bond acceptors (Lipinski definition) is 3. The molecule has 0 heterocycles. The highest BCUT2D eigenvalue weighted by Crippen LogP contribution is 2.17. The van der Waals surface area contributed by atoms with E-state index >= 15 is 0 Å². The van der Waals surface area contributed by atoms with Crippen LogP contribution in [0.2, 0.25) is 0 Å². The van der Waals surface area contributed by atoms with Gasteiger partial charge in [-0.3, -0.25) is 0 Å². The molecule has 2 aromatic rings. The number of halogens is 1. The molecule has 4 heteroatoms. The summed E-state index contributed by atoms with van der Waals surface area (Å²) in [5.41, 5.74) is 7.76. The normalized spacial score (nSPS) is 11.5. The zero-order valence-corrected chi connectivity index (χ0v) is 11.3. The third kappa shape index (κ3) is 4.56. The highest BCUT2D eigenvalue weighted by molar-refractivity contribution is 5.85. The molecule has 0 aliphatic heterocycles. The second-order valence-corrected chi connectivity index (χ2v) is 4.13. The van der Waals surface area contributed by atoms with Crippen LogP contribution in [0.25, 0.3) is 0 Å². The average Bonchev–Trinajstić information content (AvgIpc) is 2.46. The first-order valence-corrected chi connectivity index (χ1v) is 5.92. The molecule has 0 saturated carbocycles. The number of ether oxygens (including phenoxy) is 1.